The standard InChI is InChI=1S/C21H23ClN2O/c22-20-9-5-4-8-19(20)21(25)24-13-12-23(17-10-11-17)15-18(24)14-16-6-2-1-3-7-16/h1-9,17-18H,10-15H2. The van der Waals surface area contributed by atoms with Crippen LogP contribution in [0.25, 0.3) is 0 Å². The normalized spacial score (nSPS) is 21.3. The van der Waals surface area contributed by atoms with Gasteiger partial charge in [-0.25, -0.2) is 0 Å². The summed E-state index contributed by atoms with van der Waals surface area (Å²) in [5, 5.41) is 0.538. The second-order valence-corrected chi connectivity index (χ2v) is 7.46. The van der Waals surface area contributed by atoms with Crippen molar-refractivity contribution in [3.8, 4) is 0 Å². The molecule has 0 bridgehead atoms. The first kappa shape index (κ1) is 16.6. The van der Waals surface area contributed by atoms with Gasteiger partial charge in [-0.3, -0.25) is 9.69 Å². The largest absolute Gasteiger partial charge is 0.333 e. The second-order valence-electron chi connectivity index (χ2n) is 7.05. The quantitative estimate of drug-likeness (QED) is 0.832. The summed E-state index contributed by atoms with van der Waals surface area (Å²) in [7, 11) is 0. The summed E-state index contributed by atoms with van der Waals surface area (Å²) in [6.07, 6.45) is 3.49. The fraction of sp³-hybridized carbons (Fsp3) is 0.381. The van der Waals surface area contributed by atoms with Gasteiger partial charge in [0.05, 0.1) is 10.6 Å². The van der Waals surface area contributed by atoms with Crippen LogP contribution >= 0.6 is 11.6 Å². The number of rotatable bonds is 4. The number of amides is 1. The van der Waals surface area contributed by atoms with Crippen molar-refractivity contribution in [2.24, 2.45) is 0 Å². The molecule has 1 saturated heterocycles. The van der Waals surface area contributed by atoms with Crippen molar-refractivity contribution < 1.29 is 4.79 Å². The predicted octanol–water partition coefficient (Wildman–Crippen LogP) is 3.87. The molecule has 1 unspecified atom stereocenters. The molecule has 0 N–H and O–H groups in total. The molecule has 1 aliphatic heterocycles. The Kier molecular flexibility index (Phi) is 4.78. The van der Waals surface area contributed by atoms with Gasteiger partial charge in [0.15, 0.2) is 0 Å². The van der Waals surface area contributed by atoms with E-state index in [1.807, 2.05) is 29.2 Å². The Hall–Kier alpha value is -1.84. The van der Waals surface area contributed by atoms with Gasteiger partial charge in [0.1, 0.15) is 0 Å². The summed E-state index contributed by atoms with van der Waals surface area (Å²) in [4.78, 5) is 17.7. The molecule has 2 aromatic rings. The van der Waals surface area contributed by atoms with Gasteiger partial charge >= 0.3 is 0 Å². The minimum absolute atomic E-state index is 0.0574. The van der Waals surface area contributed by atoms with Crippen LogP contribution in [0.1, 0.15) is 28.8 Å². The van der Waals surface area contributed by atoms with Crippen molar-refractivity contribution in [3.05, 3.63) is 70.7 Å². The third-order valence-corrected chi connectivity index (χ3v) is 5.59. The summed E-state index contributed by atoms with van der Waals surface area (Å²) < 4.78 is 0. The molecule has 2 fully saturated rings. The van der Waals surface area contributed by atoms with E-state index in [1.165, 1.54) is 18.4 Å². The van der Waals surface area contributed by atoms with Crippen LogP contribution in [0.15, 0.2) is 54.6 Å². The molecule has 2 aromatic carbocycles. The van der Waals surface area contributed by atoms with Crippen LogP contribution in [0.4, 0.5) is 0 Å². The zero-order valence-electron chi connectivity index (χ0n) is 14.3. The Bertz CT molecular complexity index is 745. The third-order valence-electron chi connectivity index (χ3n) is 5.26. The van der Waals surface area contributed by atoms with E-state index in [9.17, 15) is 4.79 Å². The summed E-state index contributed by atoms with van der Waals surface area (Å²) in [5.41, 5.74) is 1.89. The van der Waals surface area contributed by atoms with Crippen LogP contribution < -0.4 is 0 Å². The molecule has 3 nitrogen and oxygen atoms in total. The maximum absolute atomic E-state index is 13.1. The highest BCUT2D eigenvalue weighted by Gasteiger charge is 2.37. The average Bonchev–Trinajstić information content (AvgIpc) is 3.48. The number of hydrogen-bond donors (Lipinski definition) is 0. The Balaban J connectivity index is 1.57. The van der Waals surface area contributed by atoms with E-state index < -0.39 is 0 Å². The molecule has 130 valence electrons. The summed E-state index contributed by atoms with van der Waals surface area (Å²) in [5.74, 6) is 0.0574. The highest BCUT2D eigenvalue weighted by molar-refractivity contribution is 6.33. The minimum Gasteiger partial charge on any atom is -0.333 e. The molecule has 0 aromatic heterocycles. The number of carbonyl (C=O) groups is 1. The van der Waals surface area contributed by atoms with Gasteiger partial charge in [-0.1, -0.05) is 54.1 Å². The molecule has 0 spiro atoms. The lowest BCUT2D eigenvalue weighted by Crippen LogP contribution is -2.56. The van der Waals surface area contributed by atoms with Crippen molar-refractivity contribution in [3.63, 3.8) is 0 Å². The van der Waals surface area contributed by atoms with Gasteiger partial charge in [-0.05, 0) is 37.0 Å². The second kappa shape index (κ2) is 7.19. The van der Waals surface area contributed by atoms with E-state index in [2.05, 4.69) is 29.2 Å². The van der Waals surface area contributed by atoms with Gasteiger partial charge in [0, 0.05) is 31.7 Å². The fourth-order valence-corrected chi connectivity index (χ4v) is 3.98. The van der Waals surface area contributed by atoms with Crippen molar-refractivity contribution in [2.45, 2.75) is 31.3 Å². The number of hydrogen-bond acceptors (Lipinski definition) is 2. The van der Waals surface area contributed by atoms with Crippen LogP contribution in [-0.2, 0) is 6.42 Å². The van der Waals surface area contributed by atoms with Crippen LogP contribution in [-0.4, -0.2) is 47.4 Å². The van der Waals surface area contributed by atoms with E-state index in [0.717, 1.165) is 32.1 Å². The van der Waals surface area contributed by atoms with Crippen molar-refractivity contribution >= 4 is 17.5 Å². The van der Waals surface area contributed by atoms with E-state index in [0.29, 0.717) is 10.6 Å². The number of benzene rings is 2. The number of halogens is 1. The van der Waals surface area contributed by atoms with Crippen LogP contribution in [0, 0.1) is 0 Å². The molecule has 1 aliphatic carbocycles. The van der Waals surface area contributed by atoms with Crippen molar-refractivity contribution in [1.82, 2.24) is 9.80 Å². The smallest absolute Gasteiger partial charge is 0.255 e. The molecule has 1 saturated carbocycles. The Morgan fingerprint density at radius 3 is 2.44 bits per heavy atom. The van der Waals surface area contributed by atoms with E-state index in [4.69, 9.17) is 11.6 Å². The molecule has 1 amide bonds. The van der Waals surface area contributed by atoms with E-state index >= 15 is 0 Å². The number of piperazine rings is 1. The first-order chi connectivity index (χ1) is 12.2. The number of nitrogens with zero attached hydrogens (tertiary/aromatic N) is 2. The Morgan fingerprint density at radius 2 is 1.72 bits per heavy atom. The lowest BCUT2D eigenvalue weighted by molar-refractivity contribution is 0.0437. The minimum atomic E-state index is 0.0574. The van der Waals surface area contributed by atoms with Crippen molar-refractivity contribution in [2.75, 3.05) is 19.6 Å². The maximum atomic E-state index is 13.1. The molecule has 25 heavy (non-hydrogen) atoms. The fourth-order valence-electron chi connectivity index (χ4n) is 3.77. The summed E-state index contributed by atoms with van der Waals surface area (Å²) in [6.45, 7) is 2.69. The topological polar surface area (TPSA) is 23.6 Å². The van der Waals surface area contributed by atoms with Gasteiger partial charge in [-0.15, -0.1) is 0 Å². The van der Waals surface area contributed by atoms with Crippen LogP contribution in [0.5, 0.6) is 0 Å². The molecule has 1 atom stereocenters. The molecule has 0 radical (unpaired) electrons. The van der Waals surface area contributed by atoms with Gasteiger partial charge in [0.25, 0.3) is 5.91 Å². The van der Waals surface area contributed by atoms with Gasteiger partial charge in [-0.2, -0.15) is 0 Å². The Labute approximate surface area is 154 Å². The number of carbonyl (C=O) groups excluding carboxylic acids is 1. The van der Waals surface area contributed by atoms with E-state index in [1.54, 1.807) is 6.07 Å². The monoisotopic (exact) mass is 354 g/mol. The molecular formula is C21H23ClN2O. The Morgan fingerprint density at radius 1 is 1.00 bits per heavy atom. The van der Waals surface area contributed by atoms with Crippen molar-refractivity contribution in [1.29, 1.82) is 0 Å². The average molecular weight is 355 g/mol. The zero-order valence-corrected chi connectivity index (χ0v) is 15.0. The summed E-state index contributed by atoms with van der Waals surface area (Å²) in [6, 6.07) is 18.8. The highest BCUT2D eigenvalue weighted by Crippen LogP contribution is 2.30. The maximum Gasteiger partial charge on any atom is 0.255 e. The summed E-state index contributed by atoms with van der Waals surface area (Å²) >= 11 is 6.28. The molecule has 4 rings (SSSR count). The molecule has 2 aliphatic rings. The molecule has 1 heterocycles. The van der Waals surface area contributed by atoms with E-state index in [-0.39, 0.29) is 11.9 Å². The molecule has 4 heteroatoms. The van der Waals surface area contributed by atoms with Crippen LogP contribution in [0.2, 0.25) is 5.02 Å². The van der Waals surface area contributed by atoms with Gasteiger partial charge < -0.3 is 4.90 Å². The first-order valence-electron chi connectivity index (χ1n) is 9.06. The zero-order chi connectivity index (χ0) is 17.2. The predicted molar refractivity (Wildman–Crippen MR) is 101 cm³/mol. The molecular weight excluding hydrogens is 332 g/mol. The lowest BCUT2D eigenvalue weighted by atomic mass is 10.0. The SMILES string of the molecule is O=C(c1ccccc1Cl)N1CCN(C2CC2)CC1Cc1ccccc1. The highest BCUT2D eigenvalue weighted by atomic mass is 35.5. The van der Waals surface area contributed by atoms with Gasteiger partial charge in [0.2, 0.25) is 0 Å². The third kappa shape index (κ3) is 3.73. The lowest BCUT2D eigenvalue weighted by Gasteiger charge is -2.42. The van der Waals surface area contributed by atoms with Crippen LogP contribution in [0.3, 0.4) is 0 Å². The first-order valence-corrected chi connectivity index (χ1v) is 9.43.